The molecule has 0 atom stereocenters. The molecule has 2 heterocycles. The molecular weight excluding hydrogens is 301 g/mol. The Hall–Kier alpha value is -1.63. The van der Waals surface area contributed by atoms with Gasteiger partial charge < -0.3 is 0 Å². The van der Waals surface area contributed by atoms with Gasteiger partial charge in [-0.1, -0.05) is 24.3 Å². The van der Waals surface area contributed by atoms with E-state index in [1.807, 2.05) is 13.0 Å². The van der Waals surface area contributed by atoms with Gasteiger partial charge in [0.1, 0.15) is 5.71 Å². The van der Waals surface area contributed by atoms with E-state index in [2.05, 4.69) is 4.99 Å². The maximum Gasteiger partial charge on any atom is 0.418 e. The van der Waals surface area contributed by atoms with Gasteiger partial charge in [0.05, 0.1) is 17.7 Å². The van der Waals surface area contributed by atoms with Gasteiger partial charge >= 0.3 is 11.2 Å². The number of allylic oxidation sites excluding steroid dienone is 2. The minimum absolute atomic E-state index is 0.127. The second kappa shape index (κ2) is 4.98. The lowest BCUT2D eigenvalue weighted by Crippen LogP contribution is -2.33. The van der Waals surface area contributed by atoms with E-state index >= 15 is 0 Å². The fourth-order valence-electron chi connectivity index (χ4n) is 2.59. The molecule has 1 N–H and O–H groups in total. The van der Waals surface area contributed by atoms with Gasteiger partial charge in [0.2, 0.25) is 0 Å². The Balaban J connectivity index is 2.13. The lowest BCUT2D eigenvalue weighted by Gasteiger charge is -2.16. The first-order valence-electron chi connectivity index (χ1n) is 6.70. The third-order valence-electron chi connectivity index (χ3n) is 3.61. The van der Waals surface area contributed by atoms with Crippen molar-refractivity contribution in [3.05, 3.63) is 28.2 Å². The average Bonchev–Trinajstić information content (AvgIpc) is 2.81. The summed E-state index contributed by atoms with van der Waals surface area (Å²) in [5, 5.41) is 10.9. The maximum absolute atomic E-state index is 13.1. The highest BCUT2D eigenvalue weighted by molar-refractivity contribution is 7.15. The van der Waals surface area contributed by atoms with Crippen molar-refractivity contribution in [2.24, 2.45) is 4.99 Å². The summed E-state index contributed by atoms with van der Waals surface area (Å²) in [7, 11) is 0. The molecule has 3 nitrogen and oxygen atoms in total. The average molecular weight is 315 g/mol. The lowest BCUT2D eigenvalue weighted by molar-refractivity contribution is -0.710. The number of alkyl halides is 3. The molecule has 0 saturated heterocycles. The molecule has 21 heavy (non-hydrogen) atoms. The first-order chi connectivity index (χ1) is 9.91. The van der Waals surface area contributed by atoms with Crippen molar-refractivity contribution >= 4 is 27.8 Å². The zero-order valence-corrected chi connectivity index (χ0v) is 12.2. The van der Waals surface area contributed by atoms with Gasteiger partial charge in [0.15, 0.2) is 0 Å². The van der Waals surface area contributed by atoms with E-state index in [4.69, 9.17) is 0 Å². The standard InChI is InChI=1S/C14H14F3N2OS/c1-2-9-6-8-7-18-12-10(14(15,16)17)4-3-5-11(12)19(20)13(8)21-9/h4,6,20H,2-3,5,7H2,1H3/q+1. The molecular formula is C14H14F3N2OS+. The van der Waals surface area contributed by atoms with Crippen LogP contribution in [0.4, 0.5) is 18.2 Å². The van der Waals surface area contributed by atoms with Crippen LogP contribution in [0.2, 0.25) is 0 Å². The second-order valence-electron chi connectivity index (χ2n) is 4.97. The molecule has 0 spiro atoms. The van der Waals surface area contributed by atoms with Crippen molar-refractivity contribution in [1.29, 1.82) is 0 Å². The lowest BCUT2D eigenvalue weighted by atomic mass is 9.94. The van der Waals surface area contributed by atoms with E-state index in [9.17, 15) is 18.4 Å². The SMILES string of the molecule is CCc1cc2c(s1)[N+](O)=C1CCC=C(C(F)(F)F)C1=NC2. The summed E-state index contributed by atoms with van der Waals surface area (Å²) in [6.07, 6.45) is -1.86. The summed E-state index contributed by atoms with van der Waals surface area (Å²) in [5.41, 5.74) is 0.148. The van der Waals surface area contributed by atoms with Gasteiger partial charge in [0.25, 0.3) is 5.71 Å². The minimum Gasteiger partial charge on any atom is -0.283 e. The zero-order valence-electron chi connectivity index (χ0n) is 11.4. The van der Waals surface area contributed by atoms with Crippen LogP contribution in [0, 0.1) is 0 Å². The Kier molecular flexibility index (Phi) is 3.39. The van der Waals surface area contributed by atoms with E-state index in [-0.39, 0.29) is 24.4 Å². The van der Waals surface area contributed by atoms with Crippen molar-refractivity contribution in [2.75, 3.05) is 0 Å². The number of fused-ring (bicyclic) bond motifs is 2. The highest BCUT2D eigenvalue weighted by atomic mass is 32.1. The number of rotatable bonds is 1. The maximum atomic E-state index is 13.1. The summed E-state index contributed by atoms with van der Waals surface area (Å²) in [4.78, 5) is 5.21. The number of halogens is 3. The molecule has 0 radical (unpaired) electrons. The molecule has 1 aliphatic carbocycles. The molecule has 0 aromatic carbocycles. The normalized spacial score (nSPS) is 18.7. The summed E-state index contributed by atoms with van der Waals surface area (Å²) in [5.74, 6) is 0. The summed E-state index contributed by atoms with van der Waals surface area (Å²) < 4.78 is 40.2. The highest BCUT2D eigenvalue weighted by Crippen LogP contribution is 2.37. The number of aryl methyl sites for hydroxylation is 1. The number of hydrogen-bond donors (Lipinski definition) is 1. The third-order valence-corrected chi connectivity index (χ3v) is 4.90. The van der Waals surface area contributed by atoms with E-state index in [1.54, 1.807) is 0 Å². The van der Waals surface area contributed by atoms with Crippen LogP contribution in [0.3, 0.4) is 0 Å². The number of nitrogens with zero attached hydrogens (tertiary/aromatic N) is 2. The number of hydrogen-bond acceptors (Lipinski definition) is 3. The van der Waals surface area contributed by atoms with Crippen LogP contribution in [-0.4, -0.2) is 27.5 Å². The van der Waals surface area contributed by atoms with Crippen molar-refractivity contribution in [3.8, 4) is 0 Å². The summed E-state index contributed by atoms with van der Waals surface area (Å²) in [6.45, 7) is 2.16. The van der Waals surface area contributed by atoms with Gasteiger partial charge in [0, 0.05) is 16.0 Å². The molecule has 0 unspecified atom stereocenters. The molecule has 1 aliphatic heterocycles. The van der Waals surface area contributed by atoms with Gasteiger partial charge in [-0.05, 0) is 18.9 Å². The van der Waals surface area contributed by atoms with E-state index in [0.29, 0.717) is 11.4 Å². The van der Waals surface area contributed by atoms with E-state index in [1.165, 1.54) is 11.3 Å². The molecule has 2 aliphatic rings. The number of aliphatic imine (C=N–C) groups is 1. The Morgan fingerprint density at radius 2 is 2.19 bits per heavy atom. The van der Waals surface area contributed by atoms with Crippen LogP contribution in [0.1, 0.15) is 30.2 Å². The number of thiophene rings is 1. The first kappa shape index (κ1) is 14.3. The van der Waals surface area contributed by atoms with Crippen LogP contribution < -0.4 is 0 Å². The van der Waals surface area contributed by atoms with Crippen molar-refractivity contribution in [1.82, 2.24) is 0 Å². The molecule has 1 aromatic heterocycles. The second-order valence-corrected chi connectivity index (χ2v) is 6.09. The van der Waals surface area contributed by atoms with Crippen LogP contribution in [0.5, 0.6) is 0 Å². The van der Waals surface area contributed by atoms with Crippen LogP contribution in [0.25, 0.3) is 0 Å². The molecule has 0 amide bonds. The minimum atomic E-state index is -4.45. The van der Waals surface area contributed by atoms with Crippen LogP contribution in [-0.2, 0) is 13.0 Å². The van der Waals surface area contributed by atoms with E-state index < -0.39 is 11.7 Å². The predicted octanol–water partition coefficient (Wildman–Crippen LogP) is 4.02. The van der Waals surface area contributed by atoms with Crippen LogP contribution >= 0.6 is 11.3 Å². The molecule has 0 fully saturated rings. The summed E-state index contributed by atoms with van der Waals surface area (Å²) in [6, 6.07) is 1.90. The zero-order chi connectivity index (χ0) is 15.2. The first-order valence-corrected chi connectivity index (χ1v) is 7.52. The van der Waals surface area contributed by atoms with Gasteiger partial charge in [-0.3, -0.25) is 10.2 Å². The molecule has 3 rings (SSSR count). The largest absolute Gasteiger partial charge is 0.418 e. The van der Waals surface area contributed by atoms with Crippen LogP contribution in [0.15, 0.2) is 22.7 Å². The van der Waals surface area contributed by atoms with Crippen molar-refractivity contribution in [3.63, 3.8) is 0 Å². The molecule has 0 bridgehead atoms. The Labute approximate surface area is 123 Å². The summed E-state index contributed by atoms with van der Waals surface area (Å²) >= 11 is 1.40. The fraction of sp³-hybridized carbons (Fsp3) is 0.429. The monoisotopic (exact) mass is 315 g/mol. The van der Waals surface area contributed by atoms with Crippen molar-refractivity contribution < 1.29 is 23.1 Å². The Morgan fingerprint density at radius 3 is 2.86 bits per heavy atom. The van der Waals surface area contributed by atoms with Gasteiger partial charge in [-0.2, -0.15) is 13.2 Å². The van der Waals surface area contributed by atoms with Crippen molar-refractivity contribution in [2.45, 2.75) is 38.9 Å². The predicted molar refractivity (Wildman–Crippen MR) is 74.9 cm³/mol. The smallest absolute Gasteiger partial charge is 0.283 e. The Bertz CT molecular complexity index is 683. The van der Waals surface area contributed by atoms with E-state index in [0.717, 1.165) is 27.7 Å². The quantitative estimate of drug-likeness (QED) is 0.616. The molecule has 7 heteroatoms. The van der Waals surface area contributed by atoms with Gasteiger partial charge in [-0.15, -0.1) is 0 Å². The molecule has 0 saturated carbocycles. The van der Waals surface area contributed by atoms with Gasteiger partial charge in [-0.25, -0.2) is 0 Å². The third kappa shape index (κ3) is 2.39. The topological polar surface area (TPSA) is 35.6 Å². The Morgan fingerprint density at radius 1 is 1.43 bits per heavy atom. The fourth-order valence-corrected chi connectivity index (χ4v) is 3.63. The highest BCUT2D eigenvalue weighted by Gasteiger charge is 2.44. The molecule has 112 valence electrons. The molecule has 1 aromatic rings.